The minimum absolute atomic E-state index is 0.0329. The van der Waals surface area contributed by atoms with E-state index in [-0.39, 0.29) is 17.7 Å². The van der Waals surface area contributed by atoms with Crippen LogP contribution in [0.1, 0.15) is 28.3 Å². The third kappa shape index (κ3) is 5.45. The molecule has 0 bridgehead atoms. The summed E-state index contributed by atoms with van der Waals surface area (Å²) in [7, 11) is 0. The molecule has 0 unspecified atom stereocenters. The van der Waals surface area contributed by atoms with Crippen LogP contribution in [-0.2, 0) is 11.2 Å². The lowest BCUT2D eigenvalue weighted by molar-refractivity contribution is -0.119. The molecule has 0 aliphatic rings. The fourth-order valence-electron chi connectivity index (χ4n) is 3.53. The van der Waals surface area contributed by atoms with Crippen molar-refractivity contribution in [3.8, 4) is 5.69 Å². The molecule has 0 aliphatic carbocycles. The molecule has 5 nitrogen and oxygen atoms in total. The molecule has 162 valence electrons. The van der Waals surface area contributed by atoms with Crippen LogP contribution in [0.5, 0.6) is 0 Å². The van der Waals surface area contributed by atoms with Crippen LogP contribution in [-0.4, -0.2) is 26.4 Å². The molecule has 0 radical (unpaired) electrons. The average Bonchev–Trinajstić information content (AvgIpc) is 3.29. The van der Waals surface area contributed by atoms with E-state index >= 15 is 0 Å². The van der Waals surface area contributed by atoms with Crippen LogP contribution in [0.2, 0.25) is 0 Å². The summed E-state index contributed by atoms with van der Waals surface area (Å²) in [6.07, 6.45) is 2.42. The van der Waals surface area contributed by atoms with Gasteiger partial charge in [0.15, 0.2) is 5.16 Å². The molecule has 3 aromatic carbocycles. The number of thioether (sulfide) groups is 1. The molecular weight excluding hydrogens is 416 g/mol. The van der Waals surface area contributed by atoms with Crippen molar-refractivity contribution in [2.75, 3.05) is 5.75 Å². The molecule has 4 aromatic rings. The van der Waals surface area contributed by atoms with Gasteiger partial charge in [-0.1, -0.05) is 78.5 Å². The summed E-state index contributed by atoms with van der Waals surface area (Å²) in [4.78, 5) is 12.9. The highest BCUT2D eigenvalue weighted by atomic mass is 32.2. The smallest absolute Gasteiger partial charge is 0.230 e. The summed E-state index contributed by atoms with van der Waals surface area (Å²) in [6.45, 7) is 4.17. The Balaban J connectivity index is 1.44. The number of benzene rings is 3. The van der Waals surface area contributed by atoms with Gasteiger partial charge in [-0.05, 0) is 54.7 Å². The highest BCUT2D eigenvalue weighted by molar-refractivity contribution is 7.99. The molecule has 32 heavy (non-hydrogen) atoms. The predicted octanol–water partition coefficient (Wildman–Crippen LogP) is 5.08. The summed E-state index contributed by atoms with van der Waals surface area (Å²) < 4.78 is 1.92. The lowest BCUT2D eigenvalue weighted by Crippen LogP contribution is -2.31. The highest BCUT2D eigenvalue weighted by Gasteiger charge is 2.17. The molecule has 1 atom stereocenters. The minimum atomic E-state index is -0.0932. The quantitative estimate of drug-likeness (QED) is 0.387. The van der Waals surface area contributed by atoms with Crippen LogP contribution in [0.15, 0.2) is 90.3 Å². The summed E-state index contributed by atoms with van der Waals surface area (Å²) in [5, 5.41) is 12.2. The number of nitrogens with one attached hydrogen (secondary N) is 1. The van der Waals surface area contributed by atoms with Gasteiger partial charge < -0.3 is 5.32 Å². The Hall–Kier alpha value is -3.38. The van der Waals surface area contributed by atoms with Gasteiger partial charge in [0.25, 0.3) is 0 Å². The highest BCUT2D eigenvalue weighted by Crippen LogP contribution is 2.23. The Labute approximate surface area is 192 Å². The molecule has 1 N–H and O–H groups in total. The summed E-state index contributed by atoms with van der Waals surface area (Å²) in [5.74, 6) is 0.233. The van der Waals surface area contributed by atoms with E-state index < -0.39 is 0 Å². The second-order valence-corrected chi connectivity index (χ2v) is 8.70. The number of rotatable bonds is 8. The maximum Gasteiger partial charge on any atom is 0.230 e. The largest absolute Gasteiger partial charge is 0.348 e. The van der Waals surface area contributed by atoms with E-state index in [1.54, 1.807) is 6.33 Å². The third-order valence-corrected chi connectivity index (χ3v) is 6.38. The van der Waals surface area contributed by atoms with Gasteiger partial charge in [0, 0.05) is 5.69 Å². The first-order valence-electron chi connectivity index (χ1n) is 10.6. The third-order valence-electron chi connectivity index (χ3n) is 5.44. The normalized spacial score (nSPS) is 11.8. The zero-order chi connectivity index (χ0) is 22.3. The molecule has 0 saturated heterocycles. The van der Waals surface area contributed by atoms with Crippen molar-refractivity contribution in [1.29, 1.82) is 0 Å². The summed E-state index contributed by atoms with van der Waals surface area (Å²) in [5.41, 5.74) is 5.71. The van der Waals surface area contributed by atoms with Crippen molar-refractivity contribution < 1.29 is 4.79 Å². The number of carbonyl (C=O) groups is 1. The Morgan fingerprint density at radius 3 is 2.41 bits per heavy atom. The van der Waals surface area contributed by atoms with E-state index in [0.717, 1.165) is 17.7 Å². The SMILES string of the molecule is Cc1ccc(-n2cnnc2SCC(=O)N[C@H](Cc2ccccc2)c2ccccc2)cc1C. The first kappa shape index (κ1) is 21.8. The van der Waals surface area contributed by atoms with E-state index in [2.05, 4.69) is 65.8 Å². The summed E-state index contributed by atoms with van der Waals surface area (Å²) in [6, 6.07) is 26.5. The van der Waals surface area contributed by atoms with E-state index in [4.69, 9.17) is 0 Å². The molecule has 1 aromatic heterocycles. The van der Waals surface area contributed by atoms with E-state index in [0.29, 0.717) is 5.16 Å². The molecule has 0 saturated carbocycles. The van der Waals surface area contributed by atoms with Crippen molar-refractivity contribution >= 4 is 17.7 Å². The molecule has 4 rings (SSSR count). The Bertz CT molecular complexity index is 1170. The maximum absolute atomic E-state index is 12.9. The second kappa shape index (κ2) is 10.3. The van der Waals surface area contributed by atoms with Gasteiger partial charge >= 0.3 is 0 Å². The Morgan fingerprint density at radius 2 is 1.69 bits per heavy atom. The molecular formula is C26H26N4OS. The number of nitrogens with zero attached hydrogens (tertiary/aromatic N) is 3. The van der Waals surface area contributed by atoms with Crippen LogP contribution >= 0.6 is 11.8 Å². The van der Waals surface area contributed by atoms with Crippen LogP contribution < -0.4 is 5.32 Å². The fraction of sp³-hybridized carbons (Fsp3) is 0.192. The number of amides is 1. The number of aromatic nitrogens is 3. The number of aryl methyl sites for hydroxylation is 2. The van der Waals surface area contributed by atoms with Crippen molar-refractivity contribution in [3.05, 3.63) is 107 Å². The average molecular weight is 443 g/mol. The van der Waals surface area contributed by atoms with Gasteiger partial charge in [-0.2, -0.15) is 0 Å². The molecule has 1 amide bonds. The minimum Gasteiger partial charge on any atom is -0.348 e. The van der Waals surface area contributed by atoms with Crippen LogP contribution in [0, 0.1) is 13.8 Å². The van der Waals surface area contributed by atoms with Gasteiger partial charge in [0.2, 0.25) is 5.91 Å². The maximum atomic E-state index is 12.9. The standard InChI is InChI=1S/C26H26N4OS/c1-19-13-14-23(15-20(19)2)30-18-27-29-26(30)32-17-25(31)28-24(22-11-7-4-8-12-22)16-21-9-5-3-6-10-21/h3-15,18,24H,16-17H2,1-2H3,(H,28,31)/t24-/m1/s1. The monoisotopic (exact) mass is 442 g/mol. The second-order valence-electron chi connectivity index (χ2n) is 7.76. The van der Waals surface area contributed by atoms with Crippen molar-refractivity contribution in [1.82, 2.24) is 20.1 Å². The molecule has 6 heteroatoms. The molecule has 1 heterocycles. The number of carbonyl (C=O) groups excluding carboxylic acids is 1. The zero-order valence-corrected chi connectivity index (χ0v) is 19.0. The fourth-order valence-corrected chi connectivity index (χ4v) is 4.27. The zero-order valence-electron chi connectivity index (χ0n) is 18.2. The number of hydrogen-bond donors (Lipinski definition) is 1. The van der Waals surface area contributed by atoms with E-state index in [1.807, 2.05) is 47.0 Å². The predicted molar refractivity (Wildman–Crippen MR) is 129 cm³/mol. The summed E-state index contributed by atoms with van der Waals surface area (Å²) >= 11 is 1.39. The molecule has 0 spiro atoms. The van der Waals surface area contributed by atoms with Crippen LogP contribution in [0.25, 0.3) is 5.69 Å². The Morgan fingerprint density at radius 1 is 0.969 bits per heavy atom. The van der Waals surface area contributed by atoms with Gasteiger partial charge in [-0.15, -0.1) is 10.2 Å². The van der Waals surface area contributed by atoms with Gasteiger partial charge in [0.1, 0.15) is 6.33 Å². The molecule has 0 aliphatic heterocycles. The number of hydrogen-bond acceptors (Lipinski definition) is 4. The van der Waals surface area contributed by atoms with Crippen LogP contribution in [0.3, 0.4) is 0 Å². The van der Waals surface area contributed by atoms with E-state index in [1.165, 1.54) is 28.5 Å². The van der Waals surface area contributed by atoms with Crippen molar-refractivity contribution in [2.45, 2.75) is 31.5 Å². The van der Waals surface area contributed by atoms with Crippen LogP contribution in [0.4, 0.5) is 0 Å². The van der Waals surface area contributed by atoms with Gasteiger partial charge in [0.05, 0.1) is 11.8 Å². The topological polar surface area (TPSA) is 59.8 Å². The van der Waals surface area contributed by atoms with Gasteiger partial charge in [-0.3, -0.25) is 9.36 Å². The first-order chi connectivity index (χ1) is 15.6. The first-order valence-corrected chi connectivity index (χ1v) is 11.6. The van der Waals surface area contributed by atoms with E-state index in [9.17, 15) is 4.79 Å². The van der Waals surface area contributed by atoms with Crippen molar-refractivity contribution in [2.24, 2.45) is 0 Å². The molecule has 0 fully saturated rings. The lowest BCUT2D eigenvalue weighted by Gasteiger charge is -2.19. The lowest BCUT2D eigenvalue weighted by atomic mass is 9.99. The van der Waals surface area contributed by atoms with Crippen molar-refractivity contribution in [3.63, 3.8) is 0 Å². The Kier molecular flexibility index (Phi) is 7.02. The van der Waals surface area contributed by atoms with Gasteiger partial charge in [-0.25, -0.2) is 0 Å².